The van der Waals surface area contributed by atoms with Gasteiger partial charge in [-0.1, -0.05) is 26.3 Å². The molecule has 0 aromatic heterocycles. The zero-order chi connectivity index (χ0) is 12.6. The highest BCUT2D eigenvalue weighted by atomic mass is 16.5. The molecule has 1 aliphatic heterocycles. The van der Waals surface area contributed by atoms with Crippen LogP contribution in [0.4, 0.5) is 0 Å². The minimum Gasteiger partial charge on any atom is -0.491 e. The average molecular weight is 236 g/mol. The van der Waals surface area contributed by atoms with Gasteiger partial charge in [-0.2, -0.15) is 0 Å². The number of hydrogen-bond acceptors (Lipinski definition) is 3. The molecule has 2 rings (SSSR count). The first-order valence-corrected chi connectivity index (χ1v) is 6.03. The van der Waals surface area contributed by atoms with E-state index < -0.39 is 0 Å². The van der Waals surface area contributed by atoms with E-state index in [1.165, 1.54) is 10.6 Å². The molecule has 0 radical (unpaired) electrons. The van der Waals surface area contributed by atoms with Crippen LogP contribution in [-0.4, -0.2) is 24.1 Å². The molecule has 4 heteroatoms. The Morgan fingerprint density at radius 1 is 1.35 bits per heavy atom. The summed E-state index contributed by atoms with van der Waals surface area (Å²) in [4.78, 5) is 12.0. The zero-order valence-electron chi connectivity index (χ0n) is 10.7. The van der Waals surface area contributed by atoms with E-state index in [1.54, 1.807) is 0 Å². The van der Waals surface area contributed by atoms with Crippen molar-refractivity contribution in [1.29, 1.82) is 0 Å². The van der Waals surface area contributed by atoms with Gasteiger partial charge in [0.25, 0.3) is 5.91 Å². The molecule has 94 valence electrons. The van der Waals surface area contributed by atoms with Gasteiger partial charge in [0.15, 0.2) is 0 Å². The Hall–Kier alpha value is -1.29. The fourth-order valence-corrected chi connectivity index (χ4v) is 2.16. The molecule has 0 saturated carbocycles. The third kappa shape index (κ3) is 2.36. The number of amides is 1. The Bertz CT molecular complexity index is 402. The molecular weight excluding hydrogens is 216 g/mol. The summed E-state index contributed by atoms with van der Waals surface area (Å²) in [6, 6.07) is 0. The summed E-state index contributed by atoms with van der Waals surface area (Å²) < 4.78 is 5.63. The van der Waals surface area contributed by atoms with E-state index in [0.717, 1.165) is 24.2 Å². The number of allylic oxidation sites excluding steroid dienone is 2. The van der Waals surface area contributed by atoms with Crippen LogP contribution in [-0.2, 0) is 9.53 Å². The standard InChI is InChI=1S/C13H20N2O2/c1-13(2,3)9-4-5-10-11(8-9)17-7-6-15(14)12(10)16/h8H,4-7,14H2,1-3H3. The average Bonchev–Trinajstić information content (AvgIpc) is 2.38. The summed E-state index contributed by atoms with van der Waals surface area (Å²) in [5.41, 5.74) is 2.17. The van der Waals surface area contributed by atoms with E-state index in [2.05, 4.69) is 20.8 Å². The van der Waals surface area contributed by atoms with E-state index in [9.17, 15) is 4.79 Å². The van der Waals surface area contributed by atoms with Crippen molar-refractivity contribution in [2.45, 2.75) is 33.6 Å². The van der Waals surface area contributed by atoms with Crippen molar-refractivity contribution < 1.29 is 9.53 Å². The van der Waals surface area contributed by atoms with Gasteiger partial charge in [-0.05, 0) is 24.3 Å². The molecular formula is C13H20N2O2. The first-order chi connectivity index (χ1) is 7.89. The molecule has 0 aromatic carbocycles. The van der Waals surface area contributed by atoms with Crippen LogP contribution in [0.15, 0.2) is 23.0 Å². The quantitative estimate of drug-likeness (QED) is 0.515. The van der Waals surface area contributed by atoms with Crippen LogP contribution >= 0.6 is 0 Å². The van der Waals surface area contributed by atoms with E-state index in [-0.39, 0.29) is 11.3 Å². The highest BCUT2D eigenvalue weighted by Crippen LogP contribution is 2.36. The van der Waals surface area contributed by atoms with Crippen molar-refractivity contribution in [1.82, 2.24) is 5.01 Å². The number of ether oxygens (including phenoxy) is 1. The Kier molecular flexibility index (Phi) is 3.00. The predicted molar refractivity (Wildman–Crippen MR) is 65.7 cm³/mol. The lowest BCUT2D eigenvalue weighted by Crippen LogP contribution is -2.39. The van der Waals surface area contributed by atoms with Gasteiger partial charge in [-0.3, -0.25) is 9.80 Å². The second-order valence-electron chi connectivity index (χ2n) is 5.61. The van der Waals surface area contributed by atoms with Gasteiger partial charge in [0.2, 0.25) is 0 Å². The fourth-order valence-electron chi connectivity index (χ4n) is 2.16. The molecule has 2 aliphatic rings. The van der Waals surface area contributed by atoms with Crippen molar-refractivity contribution in [2.24, 2.45) is 11.3 Å². The number of carbonyl (C=O) groups excluding carboxylic acids is 1. The van der Waals surface area contributed by atoms with E-state index >= 15 is 0 Å². The first-order valence-electron chi connectivity index (χ1n) is 6.03. The maximum atomic E-state index is 12.0. The van der Waals surface area contributed by atoms with Gasteiger partial charge in [-0.25, -0.2) is 5.84 Å². The summed E-state index contributed by atoms with van der Waals surface area (Å²) in [5, 5.41) is 1.25. The fraction of sp³-hybridized carbons (Fsp3) is 0.615. The molecule has 0 unspecified atom stereocenters. The second-order valence-corrected chi connectivity index (χ2v) is 5.61. The van der Waals surface area contributed by atoms with Gasteiger partial charge in [0.1, 0.15) is 12.4 Å². The molecule has 0 bridgehead atoms. The highest BCUT2D eigenvalue weighted by Gasteiger charge is 2.29. The summed E-state index contributed by atoms with van der Waals surface area (Å²) in [6.07, 6.45) is 3.66. The van der Waals surface area contributed by atoms with Crippen LogP contribution in [0.25, 0.3) is 0 Å². The van der Waals surface area contributed by atoms with Crippen LogP contribution in [0.3, 0.4) is 0 Å². The van der Waals surface area contributed by atoms with Gasteiger partial charge >= 0.3 is 0 Å². The Morgan fingerprint density at radius 2 is 2.06 bits per heavy atom. The number of hydrogen-bond donors (Lipinski definition) is 1. The normalized spacial score (nSPS) is 21.8. The van der Waals surface area contributed by atoms with Gasteiger partial charge in [-0.15, -0.1) is 0 Å². The van der Waals surface area contributed by atoms with Crippen LogP contribution in [0.2, 0.25) is 0 Å². The van der Waals surface area contributed by atoms with Crippen molar-refractivity contribution in [3.8, 4) is 0 Å². The topological polar surface area (TPSA) is 55.6 Å². The maximum absolute atomic E-state index is 12.0. The Labute approximate surface area is 102 Å². The lowest BCUT2D eigenvalue weighted by atomic mass is 9.80. The Morgan fingerprint density at radius 3 is 2.71 bits per heavy atom. The lowest BCUT2D eigenvalue weighted by molar-refractivity contribution is -0.127. The van der Waals surface area contributed by atoms with Crippen molar-refractivity contribution in [3.05, 3.63) is 23.0 Å². The second kappa shape index (κ2) is 4.18. The highest BCUT2D eigenvalue weighted by molar-refractivity contribution is 5.94. The maximum Gasteiger partial charge on any atom is 0.267 e. The van der Waals surface area contributed by atoms with E-state index in [4.69, 9.17) is 10.6 Å². The summed E-state index contributed by atoms with van der Waals surface area (Å²) in [7, 11) is 0. The largest absolute Gasteiger partial charge is 0.491 e. The number of rotatable bonds is 0. The molecule has 0 saturated heterocycles. The van der Waals surface area contributed by atoms with Crippen LogP contribution < -0.4 is 5.84 Å². The van der Waals surface area contributed by atoms with Gasteiger partial charge in [0, 0.05) is 0 Å². The third-order valence-electron chi connectivity index (χ3n) is 3.32. The number of nitrogens with zero attached hydrogens (tertiary/aromatic N) is 1. The van der Waals surface area contributed by atoms with Crippen LogP contribution in [0.1, 0.15) is 33.6 Å². The summed E-state index contributed by atoms with van der Waals surface area (Å²) in [6.45, 7) is 7.45. The molecule has 0 spiro atoms. The predicted octanol–water partition coefficient (Wildman–Crippen LogP) is 1.74. The number of carbonyl (C=O) groups is 1. The van der Waals surface area contributed by atoms with Crippen LogP contribution in [0, 0.1) is 5.41 Å². The summed E-state index contributed by atoms with van der Waals surface area (Å²) >= 11 is 0. The smallest absolute Gasteiger partial charge is 0.267 e. The van der Waals surface area contributed by atoms with E-state index in [1.807, 2.05) is 6.08 Å². The lowest BCUT2D eigenvalue weighted by Gasteiger charge is -2.27. The van der Waals surface area contributed by atoms with Gasteiger partial charge in [0.05, 0.1) is 12.1 Å². The Balaban J connectivity index is 2.35. The minimum atomic E-state index is -0.0956. The van der Waals surface area contributed by atoms with Crippen molar-refractivity contribution in [2.75, 3.05) is 13.2 Å². The molecule has 17 heavy (non-hydrogen) atoms. The van der Waals surface area contributed by atoms with E-state index in [0.29, 0.717) is 13.2 Å². The molecule has 1 aliphatic carbocycles. The SMILES string of the molecule is CC(C)(C)C1=CC2=C(CC1)C(=O)N(N)CCO2. The molecule has 0 fully saturated rings. The van der Waals surface area contributed by atoms with Gasteiger partial charge < -0.3 is 4.74 Å². The molecule has 2 N–H and O–H groups in total. The zero-order valence-corrected chi connectivity index (χ0v) is 10.7. The number of nitrogens with two attached hydrogens (primary N) is 1. The minimum absolute atomic E-state index is 0.0956. The summed E-state index contributed by atoms with van der Waals surface area (Å²) in [5.74, 6) is 6.28. The molecule has 1 amide bonds. The monoisotopic (exact) mass is 236 g/mol. The van der Waals surface area contributed by atoms with Crippen molar-refractivity contribution >= 4 is 5.91 Å². The third-order valence-corrected chi connectivity index (χ3v) is 3.32. The van der Waals surface area contributed by atoms with Crippen molar-refractivity contribution in [3.63, 3.8) is 0 Å². The molecule has 4 nitrogen and oxygen atoms in total. The first kappa shape index (κ1) is 12.2. The molecule has 0 aromatic rings. The molecule has 1 heterocycles. The number of hydrazine groups is 1. The van der Waals surface area contributed by atoms with Crippen LogP contribution in [0.5, 0.6) is 0 Å². The molecule has 0 atom stereocenters.